The van der Waals surface area contributed by atoms with Crippen molar-refractivity contribution in [2.45, 2.75) is 25.9 Å². The van der Waals surface area contributed by atoms with Gasteiger partial charge in [-0.2, -0.15) is 0 Å². The van der Waals surface area contributed by atoms with Crippen LogP contribution >= 0.6 is 0 Å². The summed E-state index contributed by atoms with van der Waals surface area (Å²) in [5.74, 6) is 1.06. The van der Waals surface area contributed by atoms with Crippen LogP contribution in [0.1, 0.15) is 30.1 Å². The van der Waals surface area contributed by atoms with Crippen LogP contribution in [-0.2, 0) is 4.79 Å². The van der Waals surface area contributed by atoms with E-state index in [1.807, 2.05) is 6.07 Å². The monoisotopic (exact) mass is 400 g/mol. The van der Waals surface area contributed by atoms with Gasteiger partial charge in [-0.1, -0.05) is 25.5 Å². The molecule has 0 radical (unpaired) electrons. The maximum atomic E-state index is 12.4. The van der Waals surface area contributed by atoms with Gasteiger partial charge in [-0.3, -0.25) is 20.4 Å². The zero-order valence-corrected chi connectivity index (χ0v) is 16.4. The van der Waals surface area contributed by atoms with Gasteiger partial charge < -0.3 is 18.9 Å². The molecule has 0 bridgehead atoms. The first-order chi connectivity index (χ1) is 14.1. The summed E-state index contributed by atoms with van der Waals surface area (Å²) in [6.07, 6.45) is 1.08. The molecule has 0 aliphatic carbocycles. The number of rotatable bonds is 7. The van der Waals surface area contributed by atoms with Crippen molar-refractivity contribution in [2.75, 3.05) is 20.3 Å². The SMILES string of the molecule is CCCCOc1ccc(C(=O)NNC(=O)C2COc3ccccc3O2)cc1OC. The number of fused-ring (bicyclic) bond motifs is 1. The molecule has 1 aliphatic rings. The number of hydrogen-bond donors (Lipinski definition) is 2. The molecule has 0 saturated heterocycles. The fourth-order valence-electron chi connectivity index (χ4n) is 2.67. The number of amides is 2. The van der Waals surface area contributed by atoms with Crippen LogP contribution in [0.3, 0.4) is 0 Å². The quantitative estimate of drug-likeness (QED) is 0.548. The third-order valence-corrected chi connectivity index (χ3v) is 4.28. The molecular formula is C21H24N2O6. The van der Waals surface area contributed by atoms with E-state index >= 15 is 0 Å². The topological polar surface area (TPSA) is 95.1 Å². The zero-order valence-electron chi connectivity index (χ0n) is 16.4. The molecule has 2 aromatic carbocycles. The molecule has 29 heavy (non-hydrogen) atoms. The standard InChI is InChI=1S/C21H24N2O6/c1-3-4-11-27-16-10-9-14(12-18(16)26-2)20(24)22-23-21(25)19-13-28-15-7-5-6-8-17(15)29-19/h5-10,12,19H,3-4,11,13H2,1-2H3,(H,22,24)(H,23,25). The Bertz CT molecular complexity index is 870. The lowest BCUT2D eigenvalue weighted by atomic mass is 10.2. The highest BCUT2D eigenvalue weighted by Gasteiger charge is 2.27. The van der Waals surface area contributed by atoms with Gasteiger partial charge in [0.05, 0.1) is 13.7 Å². The van der Waals surface area contributed by atoms with Crippen LogP contribution in [-0.4, -0.2) is 38.2 Å². The first-order valence-electron chi connectivity index (χ1n) is 9.42. The molecule has 8 heteroatoms. The lowest BCUT2D eigenvalue weighted by molar-refractivity contribution is -0.131. The van der Waals surface area contributed by atoms with E-state index in [-0.39, 0.29) is 6.61 Å². The number of unbranched alkanes of at least 4 members (excludes halogenated alkanes) is 1. The molecule has 1 heterocycles. The van der Waals surface area contributed by atoms with E-state index in [0.717, 1.165) is 12.8 Å². The van der Waals surface area contributed by atoms with Crippen molar-refractivity contribution in [2.24, 2.45) is 0 Å². The summed E-state index contributed by atoms with van der Waals surface area (Å²) in [6, 6.07) is 11.9. The van der Waals surface area contributed by atoms with Gasteiger partial charge in [0, 0.05) is 5.56 Å². The summed E-state index contributed by atoms with van der Waals surface area (Å²) < 4.78 is 22.1. The first-order valence-corrected chi connectivity index (χ1v) is 9.42. The normalized spacial score (nSPS) is 14.6. The van der Waals surface area contributed by atoms with Crippen molar-refractivity contribution in [3.8, 4) is 23.0 Å². The maximum absolute atomic E-state index is 12.4. The third-order valence-electron chi connectivity index (χ3n) is 4.28. The van der Waals surface area contributed by atoms with Crippen molar-refractivity contribution in [3.63, 3.8) is 0 Å². The van der Waals surface area contributed by atoms with Gasteiger partial charge in [-0.25, -0.2) is 0 Å². The molecule has 0 fully saturated rings. The summed E-state index contributed by atoms with van der Waals surface area (Å²) in [5, 5.41) is 0. The summed E-state index contributed by atoms with van der Waals surface area (Å²) in [5.41, 5.74) is 5.05. The second-order valence-corrected chi connectivity index (χ2v) is 6.38. The fraction of sp³-hybridized carbons (Fsp3) is 0.333. The predicted molar refractivity (Wildman–Crippen MR) is 105 cm³/mol. The van der Waals surface area contributed by atoms with E-state index in [1.165, 1.54) is 7.11 Å². The summed E-state index contributed by atoms with van der Waals surface area (Å²) in [7, 11) is 1.50. The van der Waals surface area contributed by atoms with Crippen molar-refractivity contribution < 1.29 is 28.5 Å². The Morgan fingerprint density at radius 1 is 1.10 bits per heavy atom. The highest BCUT2D eigenvalue weighted by molar-refractivity contribution is 5.96. The Hall–Kier alpha value is -3.42. The number of hydrogen-bond acceptors (Lipinski definition) is 6. The van der Waals surface area contributed by atoms with Crippen LogP contribution in [0.5, 0.6) is 23.0 Å². The minimum Gasteiger partial charge on any atom is -0.493 e. The molecule has 0 saturated carbocycles. The number of ether oxygens (including phenoxy) is 4. The molecule has 2 N–H and O–H groups in total. The molecule has 8 nitrogen and oxygen atoms in total. The molecule has 0 aromatic heterocycles. The molecular weight excluding hydrogens is 376 g/mol. The lowest BCUT2D eigenvalue weighted by Gasteiger charge is -2.25. The van der Waals surface area contributed by atoms with E-state index in [9.17, 15) is 9.59 Å². The fourth-order valence-corrected chi connectivity index (χ4v) is 2.67. The largest absolute Gasteiger partial charge is 0.493 e. The van der Waals surface area contributed by atoms with E-state index in [2.05, 4.69) is 17.8 Å². The average Bonchev–Trinajstić information content (AvgIpc) is 2.77. The molecule has 1 atom stereocenters. The van der Waals surface area contributed by atoms with E-state index < -0.39 is 17.9 Å². The Labute approximate surface area is 169 Å². The van der Waals surface area contributed by atoms with Crippen LogP contribution in [0.15, 0.2) is 42.5 Å². The lowest BCUT2D eigenvalue weighted by Crippen LogP contribution is -2.50. The van der Waals surface area contributed by atoms with Crippen molar-refractivity contribution >= 4 is 11.8 Å². The molecule has 2 amide bonds. The number of methoxy groups -OCH3 is 1. The Morgan fingerprint density at radius 3 is 2.66 bits per heavy atom. The van der Waals surface area contributed by atoms with Gasteiger partial charge >= 0.3 is 0 Å². The Balaban J connectivity index is 1.55. The zero-order chi connectivity index (χ0) is 20.6. The molecule has 3 rings (SSSR count). The highest BCUT2D eigenvalue weighted by atomic mass is 16.6. The van der Waals surface area contributed by atoms with Crippen LogP contribution in [0.2, 0.25) is 0 Å². The van der Waals surface area contributed by atoms with E-state index in [4.69, 9.17) is 18.9 Å². The number of benzene rings is 2. The van der Waals surface area contributed by atoms with Gasteiger partial charge in [0.15, 0.2) is 23.0 Å². The van der Waals surface area contributed by atoms with Gasteiger partial charge in [0.1, 0.15) is 6.61 Å². The van der Waals surface area contributed by atoms with Gasteiger partial charge in [-0.05, 0) is 36.8 Å². The number of hydrazine groups is 1. The van der Waals surface area contributed by atoms with E-state index in [1.54, 1.807) is 36.4 Å². The molecule has 2 aromatic rings. The second-order valence-electron chi connectivity index (χ2n) is 6.38. The summed E-state index contributed by atoms with van der Waals surface area (Å²) in [6.45, 7) is 2.70. The van der Waals surface area contributed by atoms with Crippen LogP contribution in [0.4, 0.5) is 0 Å². The number of nitrogens with one attached hydrogen (secondary N) is 2. The van der Waals surface area contributed by atoms with E-state index in [0.29, 0.717) is 35.2 Å². The summed E-state index contributed by atoms with van der Waals surface area (Å²) >= 11 is 0. The highest BCUT2D eigenvalue weighted by Crippen LogP contribution is 2.31. The molecule has 0 spiro atoms. The average molecular weight is 400 g/mol. The molecule has 154 valence electrons. The number of carbonyl (C=O) groups excluding carboxylic acids is 2. The Morgan fingerprint density at radius 2 is 1.90 bits per heavy atom. The molecule has 1 unspecified atom stereocenters. The van der Waals surface area contributed by atoms with Crippen LogP contribution < -0.4 is 29.8 Å². The van der Waals surface area contributed by atoms with Crippen molar-refractivity contribution in [1.29, 1.82) is 0 Å². The Kier molecular flexibility index (Phi) is 6.78. The minimum atomic E-state index is -0.867. The van der Waals surface area contributed by atoms with Gasteiger partial charge in [0.25, 0.3) is 11.8 Å². The second kappa shape index (κ2) is 9.68. The predicted octanol–water partition coefficient (Wildman–Crippen LogP) is 2.48. The van der Waals surface area contributed by atoms with Crippen LogP contribution in [0, 0.1) is 0 Å². The maximum Gasteiger partial charge on any atom is 0.283 e. The third kappa shape index (κ3) is 5.10. The first kappa shape index (κ1) is 20.3. The smallest absolute Gasteiger partial charge is 0.283 e. The van der Waals surface area contributed by atoms with Gasteiger partial charge in [0.2, 0.25) is 6.10 Å². The van der Waals surface area contributed by atoms with Crippen molar-refractivity contribution in [1.82, 2.24) is 10.9 Å². The number of para-hydroxylation sites is 2. The molecule has 1 aliphatic heterocycles. The summed E-state index contributed by atoms with van der Waals surface area (Å²) in [4.78, 5) is 24.7. The number of carbonyl (C=O) groups is 2. The minimum absolute atomic E-state index is 0.0519. The van der Waals surface area contributed by atoms with Gasteiger partial charge in [-0.15, -0.1) is 0 Å². The van der Waals surface area contributed by atoms with Crippen LogP contribution in [0.25, 0.3) is 0 Å². The van der Waals surface area contributed by atoms with Crippen molar-refractivity contribution in [3.05, 3.63) is 48.0 Å².